The Hall–Kier alpha value is -0.770. The molecule has 0 aromatic carbocycles. The van der Waals surface area contributed by atoms with Crippen molar-refractivity contribution < 1.29 is 4.92 Å². The maximum Gasteiger partial charge on any atom is 0.302 e. The molecule has 1 heterocycles. The number of thioether (sulfide) groups is 1. The van der Waals surface area contributed by atoms with Crippen molar-refractivity contribution in [1.29, 1.82) is 0 Å². The monoisotopic (exact) mass is 155 g/mol. The van der Waals surface area contributed by atoms with E-state index in [0.717, 1.165) is 0 Å². The van der Waals surface area contributed by atoms with Crippen molar-refractivity contribution in [3.63, 3.8) is 0 Å². The van der Waals surface area contributed by atoms with E-state index < -0.39 is 4.87 Å². The van der Waals surface area contributed by atoms with Crippen LogP contribution in [0.5, 0.6) is 0 Å². The Morgan fingerprint density at radius 2 is 2.40 bits per heavy atom. The Labute approximate surface area is 61.9 Å². The molecule has 0 spiro atoms. The number of rotatable bonds is 1. The van der Waals surface area contributed by atoms with Crippen LogP contribution in [-0.2, 0) is 0 Å². The largest absolute Gasteiger partial charge is 0.302 e. The first-order valence-corrected chi connectivity index (χ1v) is 3.82. The van der Waals surface area contributed by atoms with Crippen LogP contribution in [0.25, 0.3) is 0 Å². The Bertz CT molecular complexity index is 248. The lowest BCUT2D eigenvalue weighted by Gasteiger charge is -2.00. The highest BCUT2D eigenvalue weighted by molar-refractivity contribution is 8.08. The molecule has 0 radical (unpaired) electrons. The van der Waals surface area contributed by atoms with E-state index in [1.54, 1.807) is 12.2 Å². The minimum atomic E-state index is -0.783. The average molecular weight is 155 g/mol. The number of allylic oxidation sites excluding steroid dienone is 2. The van der Waals surface area contributed by atoms with Gasteiger partial charge in [0.05, 0.1) is 0 Å². The minimum Gasteiger partial charge on any atom is -0.263 e. The predicted molar refractivity (Wildman–Crippen MR) is 39.4 cm³/mol. The molecule has 0 N–H and O–H groups in total. The zero-order valence-corrected chi connectivity index (χ0v) is 5.88. The zero-order valence-electron chi connectivity index (χ0n) is 5.06. The molecule has 2 atom stereocenters. The van der Waals surface area contributed by atoms with Gasteiger partial charge in [-0.1, -0.05) is 30.0 Å². The summed E-state index contributed by atoms with van der Waals surface area (Å²) in [6, 6.07) is 0. The second-order valence-electron chi connectivity index (χ2n) is 2.29. The summed E-state index contributed by atoms with van der Waals surface area (Å²) in [5, 5.41) is 10.5. The van der Waals surface area contributed by atoms with Crippen LogP contribution in [0, 0.1) is 10.1 Å². The molecule has 2 aliphatic rings. The Morgan fingerprint density at radius 1 is 1.60 bits per heavy atom. The molecule has 1 aliphatic heterocycles. The van der Waals surface area contributed by atoms with Crippen LogP contribution in [0.15, 0.2) is 24.3 Å². The van der Waals surface area contributed by atoms with E-state index in [9.17, 15) is 10.1 Å². The fourth-order valence-corrected chi connectivity index (χ4v) is 2.04. The fourth-order valence-electron chi connectivity index (χ4n) is 1.05. The summed E-state index contributed by atoms with van der Waals surface area (Å²) in [4.78, 5) is 9.41. The average Bonchev–Trinajstić information content (AvgIpc) is 2.61. The second kappa shape index (κ2) is 1.63. The van der Waals surface area contributed by atoms with Gasteiger partial charge >= 0.3 is 4.87 Å². The van der Waals surface area contributed by atoms with Crippen LogP contribution in [0.3, 0.4) is 0 Å². The summed E-state index contributed by atoms with van der Waals surface area (Å²) < 4.78 is 0. The van der Waals surface area contributed by atoms with Crippen molar-refractivity contribution in [2.24, 2.45) is 0 Å². The van der Waals surface area contributed by atoms with Crippen molar-refractivity contribution in [3.8, 4) is 0 Å². The molecule has 0 bridgehead atoms. The van der Waals surface area contributed by atoms with E-state index in [2.05, 4.69) is 0 Å². The SMILES string of the molecule is O=[N+]([O-])C12C=CC=CC1S2. The molecule has 1 saturated heterocycles. The van der Waals surface area contributed by atoms with Crippen molar-refractivity contribution in [2.75, 3.05) is 0 Å². The lowest BCUT2D eigenvalue weighted by Crippen LogP contribution is -2.22. The molecule has 1 aliphatic carbocycles. The smallest absolute Gasteiger partial charge is 0.263 e. The van der Waals surface area contributed by atoms with Crippen LogP contribution < -0.4 is 0 Å². The Morgan fingerprint density at radius 3 is 2.90 bits per heavy atom. The van der Waals surface area contributed by atoms with E-state index in [0.29, 0.717) is 0 Å². The molecule has 52 valence electrons. The van der Waals surface area contributed by atoms with Crippen molar-refractivity contribution in [1.82, 2.24) is 0 Å². The third-order valence-electron chi connectivity index (χ3n) is 1.68. The van der Waals surface area contributed by atoms with E-state index in [4.69, 9.17) is 0 Å². The third-order valence-corrected chi connectivity index (χ3v) is 3.12. The second-order valence-corrected chi connectivity index (χ2v) is 3.69. The van der Waals surface area contributed by atoms with Crippen LogP contribution in [0.4, 0.5) is 0 Å². The zero-order chi connectivity index (χ0) is 7.19. The molecular weight excluding hydrogens is 150 g/mol. The highest BCUT2D eigenvalue weighted by Gasteiger charge is 2.65. The van der Waals surface area contributed by atoms with Gasteiger partial charge in [0.1, 0.15) is 5.25 Å². The van der Waals surface area contributed by atoms with Gasteiger partial charge in [0.2, 0.25) is 0 Å². The van der Waals surface area contributed by atoms with Gasteiger partial charge < -0.3 is 0 Å². The molecule has 0 aromatic heterocycles. The van der Waals surface area contributed by atoms with Gasteiger partial charge in [0, 0.05) is 11.0 Å². The lowest BCUT2D eigenvalue weighted by molar-refractivity contribution is -0.511. The molecule has 2 rings (SSSR count). The molecular formula is C6H5NO2S. The first-order valence-electron chi connectivity index (χ1n) is 2.94. The summed E-state index contributed by atoms with van der Waals surface area (Å²) in [7, 11) is 0. The standard InChI is InChI=1S/C6H5NO2S/c8-7(9)6-4-2-1-3-5(6)10-6/h1-5H. The first kappa shape index (κ1) is 5.97. The Kier molecular flexibility index (Phi) is 0.976. The molecule has 1 fully saturated rings. The molecule has 10 heavy (non-hydrogen) atoms. The number of nitro groups is 1. The number of nitrogens with zero attached hydrogens (tertiary/aromatic N) is 1. The maximum absolute atomic E-state index is 10.4. The van der Waals surface area contributed by atoms with Crippen molar-refractivity contribution in [3.05, 3.63) is 34.4 Å². The lowest BCUT2D eigenvalue weighted by atomic mass is 10.1. The topological polar surface area (TPSA) is 43.1 Å². The molecule has 2 unspecified atom stereocenters. The van der Waals surface area contributed by atoms with E-state index in [1.165, 1.54) is 11.8 Å². The first-order chi connectivity index (χ1) is 4.76. The van der Waals surface area contributed by atoms with E-state index in [1.807, 2.05) is 12.2 Å². The highest BCUT2D eigenvalue weighted by Crippen LogP contribution is 2.56. The summed E-state index contributed by atoms with van der Waals surface area (Å²) in [6.07, 6.45) is 7.11. The predicted octanol–water partition coefficient (Wildman–Crippen LogP) is 1.20. The van der Waals surface area contributed by atoms with Gasteiger partial charge in [0.25, 0.3) is 0 Å². The van der Waals surface area contributed by atoms with Gasteiger partial charge in [0.15, 0.2) is 0 Å². The van der Waals surface area contributed by atoms with E-state index in [-0.39, 0.29) is 10.2 Å². The molecule has 0 aromatic rings. The highest BCUT2D eigenvalue weighted by atomic mass is 32.2. The van der Waals surface area contributed by atoms with Crippen LogP contribution in [-0.4, -0.2) is 15.0 Å². The fraction of sp³-hybridized carbons (Fsp3) is 0.333. The molecule has 4 heteroatoms. The molecule has 0 saturated carbocycles. The van der Waals surface area contributed by atoms with E-state index >= 15 is 0 Å². The van der Waals surface area contributed by atoms with Crippen LogP contribution >= 0.6 is 11.8 Å². The number of fused-ring (bicyclic) bond motifs is 1. The van der Waals surface area contributed by atoms with Crippen LogP contribution in [0.2, 0.25) is 0 Å². The Balaban J connectivity index is 2.31. The number of hydrogen-bond donors (Lipinski definition) is 0. The maximum atomic E-state index is 10.4. The molecule has 3 nitrogen and oxygen atoms in total. The summed E-state index contributed by atoms with van der Waals surface area (Å²) in [5.74, 6) is 0. The van der Waals surface area contributed by atoms with Crippen LogP contribution in [0.1, 0.15) is 0 Å². The third kappa shape index (κ3) is 0.568. The summed E-state index contributed by atoms with van der Waals surface area (Å²) in [5.41, 5.74) is 0. The van der Waals surface area contributed by atoms with Crippen molar-refractivity contribution in [2.45, 2.75) is 10.1 Å². The summed E-state index contributed by atoms with van der Waals surface area (Å²) >= 11 is 1.38. The van der Waals surface area contributed by atoms with Gasteiger partial charge in [-0.15, -0.1) is 0 Å². The summed E-state index contributed by atoms with van der Waals surface area (Å²) in [6.45, 7) is 0. The van der Waals surface area contributed by atoms with Gasteiger partial charge in [-0.2, -0.15) is 0 Å². The number of hydrogen-bond acceptors (Lipinski definition) is 3. The molecule has 0 amide bonds. The normalized spacial score (nSPS) is 41.0. The quantitative estimate of drug-likeness (QED) is 0.324. The minimum absolute atomic E-state index is 0.0903. The van der Waals surface area contributed by atoms with Gasteiger partial charge in [-0.3, -0.25) is 10.1 Å². The van der Waals surface area contributed by atoms with Crippen molar-refractivity contribution >= 4 is 11.8 Å². The van der Waals surface area contributed by atoms with Gasteiger partial charge in [-0.05, 0) is 0 Å². The van der Waals surface area contributed by atoms with Gasteiger partial charge in [-0.25, -0.2) is 0 Å².